The number of hydrogen-bond acceptors (Lipinski definition) is 10. The van der Waals surface area contributed by atoms with Crippen molar-refractivity contribution < 1.29 is 33.8 Å². The van der Waals surface area contributed by atoms with Gasteiger partial charge in [0.05, 0.1) is 22.9 Å². The van der Waals surface area contributed by atoms with E-state index in [0.29, 0.717) is 11.5 Å². The molecule has 7 rings (SSSR count). The van der Waals surface area contributed by atoms with Crippen LogP contribution in [0.4, 0.5) is 5.69 Å². The van der Waals surface area contributed by atoms with Crippen LogP contribution in [0.5, 0.6) is 11.5 Å². The van der Waals surface area contributed by atoms with Gasteiger partial charge in [0.15, 0.2) is 5.82 Å². The molecule has 2 aliphatic heterocycles. The summed E-state index contributed by atoms with van der Waals surface area (Å²) in [7, 11) is 0. The largest absolute Gasteiger partial charge is 0.490 e. The number of fused-ring (bicyclic) bond motifs is 1. The Morgan fingerprint density at radius 1 is 0.868 bits per heavy atom. The number of nitrogens with zero attached hydrogens (tertiary/aromatic N) is 3. The van der Waals surface area contributed by atoms with Gasteiger partial charge in [0.1, 0.15) is 30.3 Å². The summed E-state index contributed by atoms with van der Waals surface area (Å²) in [5.74, 6) is -0.109. The zero-order chi connectivity index (χ0) is 37.3. The molecule has 3 aliphatic rings. The zero-order valence-electron chi connectivity index (χ0n) is 30.0. The molecule has 274 valence electrons. The molecule has 4 aromatic rings. The average Bonchev–Trinajstić information content (AvgIpc) is 3.40. The summed E-state index contributed by atoms with van der Waals surface area (Å²) >= 11 is 0. The van der Waals surface area contributed by atoms with Crippen molar-refractivity contribution >= 4 is 29.3 Å². The van der Waals surface area contributed by atoms with E-state index in [0.717, 1.165) is 58.9 Å². The molecule has 0 radical (unpaired) electrons. The number of hydrogen-bond donors (Lipinski definition) is 3. The molecule has 4 amide bonds. The molecule has 2 unspecified atom stereocenters. The molecule has 0 bridgehead atoms. The number of aliphatic hydroxyl groups is 1. The highest BCUT2D eigenvalue weighted by Crippen LogP contribution is 2.35. The summed E-state index contributed by atoms with van der Waals surface area (Å²) in [5, 5.41) is 15.5. The number of amides is 4. The third-order valence-corrected chi connectivity index (χ3v) is 10.4. The maximum atomic E-state index is 13.2. The highest BCUT2D eigenvalue weighted by Gasteiger charge is 2.44. The monoisotopic (exact) mass is 717 g/mol. The fraction of sp³-hybridized carbons (Fsp3) is 0.366. The van der Waals surface area contributed by atoms with Gasteiger partial charge in [-0.1, -0.05) is 38.1 Å². The third kappa shape index (κ3) is 7.64. The van der Waals surface area contributed by atoms with Crippen LogP contribution in [0.15, 0.2) is 79.0 Å². The quantitative estimate of drug-likeness (QED) is 0.166. The van der Waals surface area contributed by atoms with E-state index in [1.807, 2.05) is 24.3 Å². The Hall–Kier alpha value is -5.62. The second-order valence-corrected chi connectivity index (χ2v) is 14.5. The van der Waals surface area contributed by atoms with Crippen LogP contribution in [0, 0.1) is 0 Å². The number of piperidine rings is 1. The first kappa shape index (κ1) is 35.8. The molecule has 53 heavy (non-hydrogen) atoms. The summed E-state index contributed by atoms with van der Waals surface area (Å²) in [6.45, 7) is 6.29. The van der Waals surface area contributed by atoms with Crippen molar-refractivity contribution in [2.75, 3.05) is 5.32 Å². The Bertz CT molecular complexity index is 2020. The van der Waals surface area contributed by atoms with Crippen LogP contribution in [0.3, 0.4) is 0 Å². The smallest absolute Gasteiger partial charge is 0.262 e. The molecular weight excluding hydrogens is 674 g/mol. The van der Waals surface area contributed by atoms with Gasteiger partial charge in [-0.05, 0) is 98.7 Å². The Labute approximate surface area is 307 Å². The molecule has 12 heteroatoms. The SMILES string of the molecule is CC(O)c1nccc(COc2ccc(C(C)(C)c3ccc(O[C@H]4CC[C@H](Nc5ccc6c(c5)C(=O)N(C5CCC(=O)NC5=O)C6=O)CC4)cc3)cc2)n1. The first-order valence-corrected chi connectivity index (χ1v) is 18.1. The minimum absolute atomic E-state index is 0.0841. The van der Waals surface area contributed by atoms with Crippen molar-refractivity contribution in [3.05, 3.63) is 113 Å². The summed E-state index contributed by atoms with van der Waals surface area (Å²) < 4.78 is 12.3. The summed E-state index contributed by atoms with van der Waals surface area (Å²) in [5.41, 5.74) is 4.03. The topological polar surface area (TPSA) is 160 Å². The molecule has 1 aromatic heterocycles. The van der Waals surface area contributed by atoms with Gasteiger partial charge in [0, 0.05) is 29.8 Å². The Morgan fingerprint density at radius 3 is 2.19 bits per heavy atom. The molecule has 1 saturated carbocycles. The number of benzene rings is 3. The maximum absolute atomic E-state index is 13.2. The Balaban J connectivity index is 0.895. The van der Waals surface area contributed by atoms with Crippen molar-refractivity contribution in [2.45, 2.75) is 95.6 Å². The van der Waals surface area contributed by atoms with E-state index in [-0.39, 0.29) is 48.1 Å². The van der Waals surface area contributed by atoms with Crippen LogP contribution in [0.1, 0.15) is 109 Å². The highest BCUT2D eigenvalue weighted by atomic mass is 16.5. The predicted molar refractivity (Wildman–Crippen MR) is 195 cm³/mol. The molecule has 1 aliphatic carbocycles. The number of ether oxygens (including phenoxy) is 2. The molecule has 3 N–H and O–H groups in total. The molecule has 12 nitrogen and oxygen atoms in total. The predicted octanol–water partition coefficient (Wildman–Crippen LogP) is 5.64. The second kappa shape index (κ2) is 14.8. The van der Waals surface area contributed by atoms with E-state index < -0.39 is 35.8 Å². The van der Waals surface area contributed by atoms with Crippen LogP contribution in [-0.2, 0) is 21.6 Å². The molecule has 2 fully saturated rings. The highest BCUT2D eigenvalue weighted by molar-refractivity contribution is 6.23. The fourth-order valence-electron chi connectivity index (χ4n) is 7.25. The van der Waals surface area contributed by atoms with Gasteiger partial charge in [0.25, 0.3) is 11.8 Å². The van der Waals surface area contributed by atoms with Gasteiger partial charge >= 0.3 is 0 Å². The lowest BCUT2D eigenvalue weighted by Crippen LogP contribution is -2.54. The molecule has 2 atom stereocenters. The average molecular weight is 718 g/mol. The molecular formula is C41H43N5O7. The Morgan fingerprint density at radius 2 is 1.53 bits per heavy atom. The van der Waals surface area contributed by atoms with Crippen LogP contribution in [-0.4, -0.2) is 61.8 Å². The number of carbonyl (C=O) groups excluding carboxylic acids is 4. The molecule has 0 spiro atoms. The van der Waals surface area contributed by atoms with Gasteiger partial charge in [-0.15, -0.1) is 0 Å². The number of anilines is 1. The fourth-order valence-corrected chi connectivity index (χ4v) is 7.25. The lowest BCUT2D eigenvalue weighted by atomic mass is 9.78. The summed E-state index contributed by atoms with van der Waals surface area (Å²) in [6, 6.07) is 22.4. The van der Waals surface area contributed by atoms with Gasteiger partial charge in [-0.2, -0.15) is 0 Å². The molecule has 3 aromatic carbocycles. The van der Waals surface area contributed by atoms with E-state index in [2.05, 4.69) is 58.7 Å². The summed E-state index contributed by atoms with van der Waals surface area (Å²) in [4.78, 5) is 59.6. The van der Waals surface area contributed by atoms with E-state index in [9.17, 15) is 24.3 Å². The van der Waals surface area contributed by atoms with Crippen LogP contribution < -0.4 is 20.1 Å². The zero-order valence-corrected chi connectivity index (χ0v) is 30.0. The minimum Gasteiger partial charge on any atom is -0.490 e. The van der Waals surface area contributed by atoms with Gasteiger partial charge < -0.3 is 19.9 Å². The maximum Gasteiger partial charge on any atom is 0.262 e. The Kier molecular flexibility index (Phi) is 9.98. The minimum atomic E-state index is -0.983. The van der Waals surface area contributed by atoms with E-state index >= 15 is 0 Å². The van der Waals surface area contributed by atoms with E-state index in [1.54, 1.807) is 37.4 Å². The first-order chi connectivity index (χ1) is 25.5. The van der Waals surface area contributed by atoms with Crippen molar-refractivity contribution in [3.8, 4) is 11.5 Å². The van der Waals surface area contributed by atoms with Crippen LogP contribution in [0.25, 0.3) is 0 Å². The van der Waals surface area contributed by atoms with Crippen LogP contribution >= 0.6 is 0 Å². The first-order valence-electron chi connectivity index (χ1n) is 18.1. The van der Waals surface area contributed by atoms with Crippen molar-refractivity contribution in [2.24, 2.45) is 0 Å². The van der Waals surface area contributed by atoms with Crippen LogP contribution in [0.2, 0.25) is 0 Å². The van der Waals surface area contributed by atoms with Gasteiger partial charge in [-0.3, -0.25) is 29.4 Å². The number of aliphatic hydroxyl groups excluding tert-OH is 1. The van der Waals surface area contributed by atoms with Crippen molar-refractivity contribution in [1.29, 1.82) is 0 Å². The second-order valence-electron chi connectivity index (χ2n) is 14.5. The number of aromatic nitrogens is 2. The summed E-state index contributed by atoms with van der Waals surface area (Å²) in [6.07, 6.45) is 4.67. The molecule has 1 saturated heterocycles. The number of rotatable bonds is 11. The van der Waals surface area contributed by atoms with Gasteiger partial charge in [-0.25, -0.2) is 9.97 Å². The van der Waals surface area contributed by atoms with Crippen molar-refractivity contribution in [3.63, 3.8) is 0 Å². The van der Waals surface area contributed by atoms with E-state index in [1.165, 1.54) is 0 Å². The molecule has 3 heterocycles. The number of imide groups is 2. The lowest BCUT2D eigenvalue weighted by Gasteiger charge is -2.30. The third-order valence-electron chi connectivity index (χ3n) is 10.4. The van der Waals surface area contributed by atoms with Crippen molar-refractivity contribution in [1.82, 2.24) is 20.2 Å². The normalized spacial score (nSPS) is 20.8. The standard InChI is InChI=1S/C41H43N5O7/c1-24(47)37-42-21-20-29(44-37)23-52-30-11-4-25(5-12-30)41(2,3)26-6-13-31(14-7-26)53-32-15-8-27(9-16-32)43-28-10-17-33-34(22-28)40(51)46(39(33)50)35-18-19-36(48)45-38(35)49/h4-7,10-14,17,20-22,24,27,32,35,43,47H,8-9,15-16,18-19,23H2,1-3H3,(H,45,48,49)/t24?,27-,32-,35?. The van der Waals surface area contributed by atoms with E-state index in [4.69, 9.17) is 9.47 Å². The van der Waals surface area contributed by atoms with Gasteiger partial charge in [0.2, 0.25) is 11.8 Å². The number of nitrogens with one attached hydrogen (secondary N) is 2. The lowest BCUT2D eigenvalue weighted by molar-refractivity contribution is -0.136. The number of carbonyl (C=O) groups is 4.